The largest absolute Gasteiger partial charge is 0.508 e. The highest BCUT2D eigenvalue weighted by atomic mass is 16.5. The minimum absolute atomic E-state index is 0.188. The van der Waals surface area contributed by atoms with E-state index in [4.69, 9.17) is 9.47 Å². The molecule has 0 aliphatic carbocycles. The molecule has 0 spiro atoms. The minimum atomic E-state index is 0.188. The van der Waals surface area contributed by atoms with Crippen LogP contribution in [0.5, 0.6) is 17.2 Å². The molecule has 0 saturated heterocycles. The maximum absolute atomic E-state index is 9.77. The topological polar surface area (TPSA) is 50.7 Å². The molecule has 2 aromatic carbocycles. The number of aromatic hydroxyl groups is 1. The predicted octanol–water partition coefficient (Wildman–Crippen LogP) is 2.84. The van der Waals surface area contributed by atoms with Crippen molar-refractivity contribution in [3.8, 4) is 17.2 Å². The standard InChI is InChI=1S/C18H21NO3/c1-21-15-7-12(8-16(11-15)22-2)9-18-17-10-14(20)4-3-13(17)5-6-19-18/h3-4,7-8,10-11,18-20H,5-6,9H2,1-2H3. The van der Waals surface area contributed by atoms with Crippen molar-refractivity contribution < 1.29 is 14.6 Å². The third-order valence-corrected chi connectivity index (χ3v) is 4.14. The molecule has 1 aliphatic rings. The molecule has 22 heavy (non-hydrogen) atoms. The van der Waals surface area contributed by atoms with Gasteiger partial charge in [0.05, 0.1) is 14.2 Å². The summed E-state index contributed by atoms with van der Waals surface area (Å²) in [7, 11) is 3.31. The molecular formula is C18H21NO3. The zero-order valence-corrected chi connectivity index (χ0v) is 12.9. The van der Waals surface area contributed by atoms with E-state index in [9.17, 15) is 5.11 Å². The molecule has 3 rings (SSSR count). The van der Waals surface area contributed by atoms with Crippen LogP contribution in [0.1, 0.15) is 22.7 Å². The number of ether oxygens (including phenoxy) is 2. The fourth-order valence-electron chi connectivity index (χ4n) is 3.03. The smallest absolute Gasteiger partial charge is 0.122 e. The first kappa shape index (κ1) is 14.7. The minimum Gasteiger partial charge on any atom is -0.508 e. The number of phenolic OH excluding ortho intramolecular Hbond substituents is 1. The molecule has 0 fully saturated rings. The molecule has 0 amide bonds. The Morgan fingerprint density at radius 2 is 1.82 bits per heavy atom. The van der Waals surface area contributed by atoms with Crippen molar-refractivity contribution in [3.63, 3.8) is 0 Å². The zero-order chi connectivity index (χ0) is 15.5. The first-order chi connectivity index (χ1) is 10.7. The molecular weight excluding hydrogens is 278 g/mol. The Bertz CT molecular complexity index is 647. The van der Waals surface area contributed by atoms with Crippen molar-refractivity contribution in [2.24, 2.45) is 0 Å². The van der Waals surface area contributed by atoms with E-state index in [1.54, 1.807) is 20.3 Å². The zero-order valence-electron chi connectivity index (χ0n) is 12.9. The van der Waals surface area contributed by atoms with Gasteiger partial charge in [0.1, 0.15) is 17.2 Å². The van der Waals surface area contributed by atoms with Crippen LogP contribution < -0.4 is 14.8 Å². The monoisotopic (exact) mass is 299 g/mol. The Hall–Kier alpha value is -2.20. The van der Waals surface area contributed by atoms with E-state index < -0.39 is 0 Å². The lowest BCUT2D eigenvalue weighted by molar-refractivity contribution is 0.392. The summed E-state index contributed by atoms with van der Waals surface area (Å²) in [5.74, 6) is 1.90. The van der Waals surface area contributed by atoms with Gasteiger partial charge in [-0.3, -0.25) is 0 Å². The van der Waals surface area contributed by atoms with Crippen LogP contribution in [-0.4, -0.2) is 25.9 Å². The first-order valence-corrected chi connectivity index (χ1v) is 7.46. The van der Waals surface area contributed by atoms with E-state index in [1.165, 1.54) is 11.1 Å². The van der Waals surface area contributed by atoms with Gasteiger partial charge in [-0.15, -0.1) is 0 Å². The highest BCUT2D eigenvalue weighted by molar-refractivity contribution is 5.42. The molecule has 1 atom stereocenters. The summed E-state index contributed by atoms with van der Waals surface area (Å²) >= 11 is 0. The van der Waals surface area contributed by atoms with Crippen molar-refractivity contribution in [1.82, 2.24) is 5.32 Å². The number of nitrogens with one attached hydrogen (secondary N) is 1. The molecule has 0 aromatic heterocycles. The molecule has 4 heteroatoms. The van der Waals surface area contributed by atoms with Gasteiger partial charge in [0.2, 0.25) is 0 Å². The Morgan fingerprint density at radius 1 is 1.09 bits per heavy atom. The van der Waals surface area contributed by atoms with Crippen LogP contribution in [0.15, 0.2) is 36.4 Å². The molecule has 4 nitrogen and oxygen atoms in total. The second-order valence-corrected chi connectivity index (χ2v) is 5.56. The molecule has 1 aliphatic heterocycles. The van der Waals surface area contributed by atoms with Gasteiger partial charge < -0.3 is 19.9 Å². The average Bonchev–Trinajstić information content (AvgIpc) is 2.55. The van der Waals surface area contributed by atoms with Crippen LogP contribution in [0.25, 0.3) is 0 Å². The number of rotatable bonds is 4. The Labute approximate surface area is 130 Å². The maximum atomic E-state index is 9.77. The molecule has 0 bridgehead atoms. The van der Waals surface area contributed by atoms with Gasteiger partial charge in [-0.05, 0) is 60.3 Å². The normalized spacial score (nSPS) is 16.9. The Kier molecular flexibility index (Phi) is 4.20. The number of fused-ring (bicyclic) bond motifs is 1. The summed E-state index contributed by atoms with van der Waals surface area (Å²) in [5, 5.41) is 13.3. The number of phenols is 1. The van der Waals surface area contributed by atoms with Crippen LogP contribution in [0.2, 0.25) is 0 Å². The fraction of sp³-hybridized carbons (Fsp3) is 0.333. The van der Waals surface area contributed by atoms with Gasteiger partial charge in [-0.25, -0.2) is 0 Å². The number of hydrogen-bond acceptors (Lipinski definition) is 4. The van der Waals surface area contributed by atoms with Gasteiger partial charge in [0.25, 0.3) is 0 Å². The van der Waals surface area contributed by atoms with E-state index in [0.29, 0.717) is 5.75 Å². The Balaban J connectivity index is 1.90. The van der Waals surface area contributed by atoms with Gasteiger partial charge in [-0.2, -0.15) is 0 Å². The van der Waals surface area contributed by atoms with E-state index in [-0.39, 0.29) is 6.04 Å². The Morgan fingerprint density at radius 3 is 2.50 bits per heavy atom. The summed E-state index contributed by atoms with van der Waals surface area (Å²) in [6.45, 7) is 0.948. The summed E-state index contributed by atoms with van der Waals surface area (Å²) in [6.07, 6.45) is 1.82. The van der Waals surface area contributed by atoms with Crippen LogP contribution in [0, 0.1) is 0 Å². The van der Waals surface area contributed by atoms with Crippen molar-refractivity contribution in [2.75, 3.05) is 20.8 Å². The van der Waals surface area contributed by atoms with Crippen molar-refractivity contribution in [1.29, 1.82) is 0 Å². The third kappa shape index (κ3) is 3.02. The van der Waals surface area contributed by atoms with Crippen molar-refractivity contribution in [2.45, 2.75) is 18.9 Å². The molecule has 1 unspecified atom stereocenters. The second kappa shape index (κ2) is 6.28. The lowest BCUT2D eigenvalue weighted by atomic mass is 9.90. The molecule has 1 heterocycles. The van der Waals surface area contributed by atoms with E-state index in [0.717, 1.165) is 36.4 Å². The number of hydrogen-bond donors (Lipinski definition) is 2. The van der Waals surface area contributed by atoms with Crippen LogP contribution >= 0.6 is 0 Å². The lowest BCUT2D eigenvalue weighted by Gasteiger charge is -2.27. The first-order valence-electron chi connectivity index (χ1n) is 7.46. The van der Waals surface area contributed by atoms with Gasteiger partial charge in [-0.1, -0.05) is 6.07 Å². The SMILES string of the molecule is COc1cc(CC2NCCc3ccc(O)cc32)cc(OC)c1. The quantitative estimate of drug-likeness (QED) is 0.911. The number of benzene rings is 2. The lowest BCUT2D eigenvalue weighted by Crippen LogP contribution is -2.31. The summed E-state index contributed by atoms with van der Waals surface area (Å²) in [6, 6.07) is 11.8. The van der Waals surface area contributed by atoms with Gasteiger partial charge >= 0.3 is 0 Å². The highest BCUT2D eigenvalue weighted by Gasteiger charge is 2.21. The van der Waals surface area contributed by atoms with E-state index in [2.05, 4.69) is 5.32 Å². The number of methoxy groups -OCH3 is 2. The second-order valence-electron chi connectivity index (χ2n) is 5.56. The van der Waals surface area contributed by atoms with Gasteiger partial charge in [0, 0.05) is 12.1 Å². The predicted molar refractivity (Wildman–Crippen MR) is 85.8 cm³/mol. The molecule has 2 aromatic rings. The maximum Gasteiger partial charge on any atom is 0.122 e. The average molecular weight is 299 g/mol. The van der Waals surface area contributed by atoms with Crippen molar-refractivity contribution >= 4 is 0 Å². The highest BCUT2D eigenvalue weighted by Crippen LogP contribution is 2.31. The van der Waals surface area contributed by atoms with Crippen LogP contribution in [-0.2, 0) is 12.8 Å². The summed E-state index contributed by atoms with van der Waals surface area (Å²) < 4.78 is 10.7. The molecule has 0 saturated carbocycles. The fourth-order valence-corrected chi connectivity index (χ4v) is 3.03. The summed E-state index contributed by atoms with van der Waals surface area (Å²) in [5.41, 5.74) is 3.62. The van der Waals surface area contributed by atoms with Crippen molar-refractivity contribution in [3.05, 3.63) is 53.1 Å². The van der Waals surface area contributed by atoms with Crippen LogP contribution in [0.4, 0.5) is 0 Å². The third-order valence-electron chi connectivity index (χ3n) is 4.14. The van der Waals surface area contributed by atoms with Crippen LogP contribution in [0.3, 0.4) is 0 Å². The molecule has 116 valence electrons. The van der Waals surface area contributed by atoms with Gasteiger partial charge in [0.15, 0.2) is 0 Å². The van der Waals surface area contributed by atoms with E-state index in [1.807, 2.05) is 30.3 Å². The molecule has 2 N–H and O–H groups in total. The van der Waals surface area contributed by atoms with E-state index >= 15 is 0 Å². The summed E-state index contributed by atoms with van der Waals surface area (Å²) in [4.78, 5) is 0. The molecule has 0 radical (unpaired) electrons.